The minimum atomic E-state index is -5.08. The Morgan fingerprint density at radius 3 is 2.06 bits per heavy atom. The summed E-state index contributed by atoms with van der Waals surface area (Å²) in [6, 6.07) is 4.66. The smallest absolute Gasteiger partial charge is 0.475 e. The first-order valence-corrected chi connectivity index (χ1v) is 10.4. The SMILES string of the molecule is Cc1noc([C@H]2CC[C@@H]3[C@@H](CCN3Cc3ccncc3)O2)n1.O=C(O)C(F)(F)F.O=C(O)C(F)(F)F. The van der Waals surface area contributed by atoms with Gasteiger partial charge in [0.1, 0.15) is 6.10 Å². The molecule has 2 saturated heterocycles. The molecule has 2 N–H and O–H groups in total. The number of rotatable bonds is 3. The highest BCUT2D eigenvalue weighted by molar-refractivity contribution is 5.73. The molecule has 0 aromatic carbocycles. The number of nitrogens with zero attached hydrogens (tertiary/aromatic N) is 4. The fourth-order valence-corrected chi connectivity index (χ4v) is 3.56. The monoisotopic (exact) mass is 528 g/mol. The minimum Gasteiger partial charge on any atom is -0.475 e. The molecule has 0 unspecified atom stereocenters. The van der Waals surface area contributed by atoms with Crippen LogP contribution < -0.4 is 0 Å². The van der Waals surface area contributed by atoms with Crippen LogP contribution in [0.1, 0.15) is 42.6 Å². The van der Waals surface area contributed by atoms with Crippen LogP contribution >= 0.6 is 0 Å². The highest BCUT2D eigenvalue weighted by atomic mass is 19.4. The third kappa shape index (κ3) is 8.75. The Hall–Kier alpha value is -3.27. The normalized spacial score (nSPS) is 21.9. The average molecular weight is 528 g/mol. The standard InChI is InChI=1S/C16H20N4O2.2C2HF3O2/c1-11-18-16(22-19-11)15-3-2-13-14(21-15)6-9-20(13)10-12-4-7-17-8-5-12;2*3-2(4,5)1(6)7/h4-5,7-8,13-15H,2-3,6,9-10H2,1H3;2*(H,6,7)/t13-,14-,15-;;/m1../s1. The quantitative estimate of drug-likeness (QED) is 0.569. The summed E-state index contributed by atoms with van der Waals surface area (Å²) < 4.78 is 75.0. The Morgan fingerprint density at radius 2 is 1.58 bits per heavy atom. The van der Waals surface area contributed by atoms with E-state index in [0.717, 1.165) is 32.4 Å². The van der Waals surface area contributed by atoms with Gasteiger partial charge in [-0.3, -0.25) is 9.88 Å². The zero-order valence-electron chi connectivity index (χ0n) is 18.7. The second kappa shape index (κ2) is 12.1. The largest absolute Gasteiger partial charge is 0.490 e. The molecule has 0 aliphatic carbocycles. The highest BCUT2D eigenvalue weighted by Crippen LogP contribution is 2.38. The van der Waals surface area contributed by atoms with E-state index in [1.165, 1.54) is 5.56 Å². The van der Waals surface area contributed by atoms with Gasteiger partial charge in [0.15, 0.2) is 5.82 Å². The first kappa shape index (κ1) is 29.0. The van der Waals surface area contributed by atoms with Crippen LogP contribution in [-0.2, 0) is 20.9 Å². The van der Waals surface area contributed by atoms with Gasteiger partial charge in [-0.25, -0.2) is 9.59 Å². The van der Waals surface area contributed by atoms with E-state index in [1.807, 2.05) is 19.3 Å². The summed E-state index contributed by atoms with van der Waals surface area (Å²) in [5, 5.41) is 18.1. The van der Waals surface area contributed by atoms with E-state index in [2.05, 4.69) is 32.2 Å². The summed E-state index contributed by atoms with van der Waals surface area (Å²) in [7, 11) is 0. The van der Waals surface area contributed by atoms with Gasteiger partial charge in [-0.2, -0.15) is 31.3 Å². The summed E-state index contributed by atoms with van der Waals surface area (Å²) in [5.74, 6) is -4.21. The molecular weight excluding hydrogens is 506 g/mol. The van der Waals surface area contributed by atoms with E-state index < -0.39 is 24.3 Å². The van der Waals surface area contributed by atoms with Crippen molar-refractivity contribution in [2.45, 2.75) is 63.3 Å². The number of likely N-dealkylation sites (tertiary alicyclic amines) is 1. The lowest BCUT2D eigenvalue weighted by atomic mass is 9.99. The summed E-state index contributed by atoms with van der Waals surface area (Å²) in [5.41, 5.74) is 1.31. The van der Waals surface area contributed by atoms with Gasteiger partial charge in [0, 0.05) is 31.5 Å². The Bertz CT molecular complexity index is 977. The molecule has 3 atom stereocenters. The maximum Gasteiger partial charge on any atom is 0.490 e. The Balaban J connectivity index is 0.000000271. The van der Waals surface area contributed by atoms with Crippen molar-refractivity contribution in [1.29, 1.82) is 0 Å². The lowest BCUT2D eigenvalue weighted by molar-refractivity contribution is -0.193. The summed E-state index contributed by atoms with van der Waals surface area (Å²) >= 11 is 0. The number of halogens is 6. The van der Waals surface area contributed by atoms with Crippen LogP contribution in [0.3, 0.4) is 0 Å². The van der Waals surface area contributed by atoms with Crippen LogP contribution in [0.15, 0.2) is 29.0 Å². The topological polar surface area (TPSA) is 139 Å². The molecule has 0 bridgehead atoms. The van der Waals surface area contributed by atoms with Crippen molar-refractivity contribution in [1.82, 2.24) is 20.0 Å². The van der Waals surface area contributed by atoms with Gasteiger partial charge in [-0.05, 0) is 43.9 Å². The molecule has 2 aliphatic heterocycles. The van der Waals surface area contributed by atoms with Crippen LogP contribution in [-0.4, -0.2) is 73.2 Å². The van der Waals surface area contributed by atoms with Gasteiger partial charge in [0.2, 0.25) is 0 Å². The van der Waals surface area contributed by atoms with E-state index in [1.54, 1.807) is 0 Å². The van der Waals surface area contributed by atoms with E-state index in [-0.39, 0.29) is 12.2 Å². The van der Waals surface area contributed by atoms with Gasteiger partial charge in [-0.15, -0.1) is 0 Å². The third-order valence-corrected chi connectivity index (χ3v) is 5.10. The molecule has 200 valence electrons. The molecular formula is C20H22F6N4O6. The van der Waals surface area contributed by atoms with Crippen LogP contribution in [0.5, 0.6) is 0 Å². The van der Waals surface area contributed by atoms with Crippen LogP contribution in [0.4, 0.5) is 26.3 Å². The first-order valence-electron chi connectivity index (χ1n) is 10.4. The Labute approximate surface area is 199 Å². The number of pyridine rings is 1. The molecule has 0 amide bonds. The predicted molar refractivity (Wildman–Crippen MR) is 106 cm³/mol. The second-order valence-electron chi connectivity index (χ2n) is 7.71. The molecule has 2 aliphatic rings. The second-order valence-corrected chi connectivity index (χ2v) is 7.71. The first-order chi connectivity index (χ1) is 16.7. The molecule has 0 saturated carbocycles. The van der Waals surface area contributed by atoms with E-state index >= 15 is 0 Å². The van der Waals surface area contributed by atoms with Crippen molar-refractivity contribution in [3.8, 4) is 0 Å². The molecule has 10 nitrogen and oxygen atoms in total. The number of aryl methyl sites for hydroxylation is 1. The molecule has 2 aromatic heterocycles. The maximum absolute atomic E-state index is 10.6. The molecule has 4 rings (SSSR count). The lowest BCUT2D eigenvalue weighted by Gasteiger charge is -2.34. The van der Waals surface area contributed by atoms with Crippen molar-refractivity contribution in [2.75, 3.05) is 6.54 Å². The minimum absolute atomic E-state index is 0.0386. The average Bonchev–Trinajstić information content (AvgIpc) is 3.40. The lowest BCUT2D eigenvalue weighted by Crippen LogP contribution is -2.40. The van der Waals surface area contributed by atoms with Crippen LogP contribution in [0, 0.1) is 6.92 Å². The van der Waals surface area contributed by atoms with Crippen LogP contribution in [0.25, 0.3) is 0 Å². The van der Waals surface area contributed by atoms with Crippen molar-refractivity contribution >= 4 is 11.9 Å². The summed E-state index contributed by atoms with van der Waals surface area (Å²) in [6.07, 6.45) is -3.10. The number of carbonyl (C=O) groups is 2. The van der Waals surface area contributed by atoms with Crippen molar-refractivity contribution in [3.63, 3.8) is 0 Å². The van der Waals surface area contributed by atoms with Gasteiger partial charge in [0.25, 0.3) is 5.89 Å². The fraction of sp³-hybridized carbons (Fsp3) is 0.550. The third-order valence-electron chi connectivity index (χ3n) is 5.10. The molecule has 2 fully saturated rings. The zero-order chi connectivity index (χ0) is 27.1. The number of carboxylic acids is 2. The highest BCUT2D eigenvalue weighted by Gasteiger charge is 2.41. The number of aromatic nitrogens is 3. The molecule has 0 radical (unpaired) electrons. The maximum atomic E-state index is 10.6. The van der Waals surface area contributed by atoms with E-state index in [9.17, 15) is 26.3 Å². The van der Waals surface area contributed by atoms with Crippen molar-refractivity contribution < 1.29 is 55.4 Å². The number of ether oxygens (including phenoxy) is 1. The number of carboxylic acid groups (broad SMARTS) is 2. The van der Waals surface area contributed by atoms with Crippen molar-refractivity contribution in [2.24, 2.45) is 0 Å². The van der Waals surface area contributed by atoms with Gasteiger partial charge in [-0.1, -0.05) is 5.16 Å². The zero-order valence-corrected chi connectivity index (χ0v) is 18.7. The number of alkyl halides is 6. The number of aliphatic carboxylic acids is 2. The van der Waals surface area contributed by atoms with Gasteiger partial charge in [0.05, 0.1) is 6.10 Å². The molecule has 16 heteroatoms. The Kier molecular flexibility index (Phi) is 9.75. The van der Waals surface area contributed by atoms with Crippen LogP contribution in [0.2, 0.25) is 0 Å². The van der Waals surface area contributed by atoms with Gasteiger partial charge >= 0.3 is 24.3 Å². The molecule has 36 heavy (non-hydrogen) atoms. The van der Waals surface area contributed by atoms with E-state index in [0.29, 0.717) is 17.8 Å². The summed E-state index contributed by atoms with van der Waals surface area (Å²) in [6.45, 7) is 3.88. The molecule has 4 heterocycles. The Morgan fingerprint density at radius 1 is 1.03 bits per heavy atom. The van der Waals surface area contributed by atoms with E-state index in [4.69, 9.17) is 29.1 Å². The number of fused-ring (bicyclic) bond motifs is 1. The molecule has 2 aromatic rings. The number of hydrogen-bond acceptors (Lipinski definition) is 8. The van der Waals surface area contributed by atoms with Crippen molar-refractivity contribution in [3.05, 3.63) is 41.8 Å². The molecule has 0 spiro atoms. The predicted octanol–water partition coefficient (Wildman–Crippen LogP) is 3.53. The van der Waals surface area contributed by atoms with Gasteiger partial charge < -0.3 is 19.5 Å². The summed E-state index contributed by atoms with van der Waals surface area (Å²) in [4.78, 5) is 28.7. The number of hydrogen-bond donors (Lipinski definition) is 2. The fourth-order valence-electron chi connectivity index (χ4n) is 3.56.